The van der Waals surface area contributed by atoms with E-state index in [1.165, 1.54) is 6.42 Å². The van der Waals surface area contributed by atoms with Gasteiger partial charge in [0.15, 0.2) is 0 Å². The molecule has 0 aromatic heterocycles. The summed E-state index contributed by atoms with van der Waals surface area (Å²) in [6.07, 6.45) is 3.17. The molecule has 0 bridgehead atoms. The molecule has 0 aromatic rings. The summed E-state index contributed by atoms with van der Waals surface area (Å²) in [6.45, 7) is 6.58. The zero-order valence-electron chi connectivity index (χ0n) is 11.1. The third-order valence-electron chi connectivity index (χ3n) is 3.98. The lowest BCUT2D eigenvalue weighted by Crippen LogP contribution is -2.45. The van der Waals surface area contributed by atoms with Crippen LogP contribution in [-0.2, 0) is 4.79 Å². The number of hydrogen-bond acceptors (Lipinski definition) is 3. The quantitative estimate of drug-likeness (QED) is 0.749. The van der Waals surface area contributed by atoms with E-state index in [1.54, 1.807) is 11.8 Å². The largest absolute Gasteiger partial charge is 0.345 e. The average Bonchev–Trinajstić information content (AvgIpc) is 2.45. The number of carbonyl (C=O) groups is 1. The molecule has 0 unspecified atom stereocenters. The topological polar surface area (TPSA) is 23.6 Å². The van der Waals surface area contributed by atoms with Crippen LogP contribution in [0.5, 0.6) is 0 Å². The van der Waals surface area contributed by atoms with Crippen molar-refractivity contribution in [2.45, 2.75) is 25.8 Å². The first-order valence-electron chi connectivity index (χ1n) is 5.83. The number of likely N-dealkylation sites (tertiary alicyclic amines) is 1. The third-order valence-corrected chi connectivity index (χ3v) is 4.52. The highest BCUT2D eigenvalue weighted by molar-refractivity contribution is 7.99. The van der Waals surface area contributed by atoms with Crippen LogP contribution >= 0.6 is 11.8 Å². The van der Waals surface area contributed by atoms with Crippen molar-refractivity contribution in [3.8, 4) is 0 Å². The van der Waals surface area contributed by atoms with Crippen LogP contribution in [0.15, 0.2) is 0 Å². The van der Waals surface area contributed by atoms with Crippen LogP contribution in [0.1, 0.15) is 20.3 Å². The van der Waals surface area contributed by atoms with E-state index in [4.69, 9.17) is 0 Å². The van der Waals surface area contributed by atoms with E-state index < -0.39 is 0 Å². The second-order valence-corrected chi connectivity index (χ2v) is 6.13. The number of thioether (sulfide) groups is 1. The van der Waals surface area contributed by atoms with Gasteiger partial charge in [-0.3, -0.25) is 4.79 Å². The molecule has 1 aliphatic rings. The van der Waals surface area contributed by atoms with Gasteiger partial charge >= 0.3 is 0 Å². The minimum atomic E-state index is 0.216. The Morgan fingerprint density at radius 2 is 2.19 bits per heavy atom. The molecule has 1 rings (SSSR count). The fourth-order valence-electron chi connectivity index (χ4n) is 2.28. The fourth-order valence-corrected chi connectivity index (χ4v) is 2.75. The van der Waals surface area contributed by atoms with Crippen LogP contribution in [0.3, 0.4) is 0 Å². The molecule has 94 valence electrons. The Morgan fingerprint density at radius 3 is 2.62 bits per heavy atom. The van der Waals surface area contributed by atoms with Gasteiger partial charge in [-0.15, -0.1) is 0 Å². The van der Waals surface area contributed by atoms with E-state index in [0.29, 0.717) is 11.7 Å². The monoisotopic (exact) mass is 244 g/mol. The van der Waals surface area contributed by atoms with Crippen LogP contribution in [0.2, 0.25) is 0 Å². The van der Waals surface area contributed by atoms with E-state index in [2.05, 4.69) is 25.8 Å². The summed E-state index contributed by atoms with van der Waals surface area (Å²) < 4.78 is 0. The minimum Gasteiger partial charge on any atom is -0.345 e. The number of rotatable bonds is 4. The highest BCUT2D eigenvalue weighted by atomic mass is 32.2. The molecule has 1 amide bonds. The zero-order chi connectivity index (χ0) is 12.3. The van der Waals surface area contributed by atoms with Crippen LogP contribution in [0, 0.1) is 5.92 Å². The van der Waals surface area contributed by atoms with Gasteiger partial charge in [0, 0.05) is 19.1 Å². The highest BCUT2D eigenvalue weighted by Crippen LogP contribution is 2.33. The van der Waals surface area contributed by atoms with E-state index in [0.717, 1.165) is 13.1 Å². The summed E-state index contributed by atoms with van der Waals surface area (Å²) in [6, 6.07) is 0. The summed E-state index contributed by atoms with van der Waals surface area (Å²) in [7, 11) is 4.09. The number of amides is 1. The van der Waals surface area contributed by atoms with E-state index in [9.17, 15) is 4.79 Å². The van der Waals surface area contributed by atoms with Crippen molar-refractivity contribution in [3.63, 3.8) is 0 Å². The van der Waals surface area contributed by atoms with Crippen molar-refractivity contribution < 1.29 is 4.79 Å². The number of hydrogen-bond donors (Lipinski definition) is 0. The van der Waals surface area contributed by atoms with Gasteiger partial charge in [-0.05, 0) is 46.0 Å². The Balaban J connectivity index is 2.52. The van der Waals surface area contributed by atoms with Crippen molar-refractivity contribution in [1.29, 1.82) is 0 Å². The van der Waals surface area contributed by atoms with Crippen molar-refractivity contribution >= 4 is 17.7 Å². The summed E-state index contributed by atoms with van der Waals surface area (Å²) in [4.78, 5) is 16.0. The first-order valence-corrected chi connectivity index (χ1v) is 7.23. The van der Waals surface area contributed by atoms with Gasteiger partial charge in [0.25, 0.3) is 0 Å². The molecular weight excluding hydrogens is 220 g/mol. The van der Waals surface area contributed by atoms with Crippen LogP contribution in [0.25, 0.3) is 0 Å². The van der Waals surface area contributed by atoms with Crippen molar-refractivity contribution in [2.75, 3.05) is 39.2 Å². The Hall–Kier alpha value is -0.220. The number of carbonyl (C=O) groups excluding carboxylic acids is 1. The molecule has 4 heteroatoms. The van der Waals surface area contributed by atoms with E-state index >= 15 is 0 Å². The SMILES string of the molecule is CSCC(=O)N(C)C[C@H]1CCN(C)C1(C)C. The average molecular weight is 244 g/mol. The zero-order valence-corrected chi connectivity index (χ0v) is 11.9. The summed E-state index contributed by atoms with van der Waals surface area (Å²) in [5, 5.41) is 0. The first-order chi connectivity index (χ1) is 7.39. The van der Waals surface area contributed by atoms with Crippen molar-refractivity contribution in [1.82, 2.24) is 9.80 Å². The maximum atomic E-state index is 11.7. The second-order valence-electron chi connectivity index (χ2n) is 5.27. The van der Waals surface area contributed by atoms with E-state index in [1.807, 2.05) is 18.2 Å². The molecule has 0 aliphatic carbocycles. The predicted octanol–water partition coefficient (Wildman–Crippen LogP) is 1.54. The van der Waals surface area contributed by atoms with Gasteiger partial charge in [-0.25, -0.2) is 0 Å². The number of nitrogens with zero attached hydrogens (tertiary/aromatic N) is 2. The molecule has 3 nitrogen and oxygen atoms in total. The summed E-state index contributed by atoms with van der Waals surface area (Å²) in [5.41, 5.74) is 0.216. The molecule has 16 heavy (non-hydrogen) atoms. The molecule has 1 aliphatic heterocycles. The maximum absolute atomic E-state index is 11.7. The van der Waals surface area contributed by atoms with Gasteiger partial charge in [0.1, 0.15) is 0 Å². The van der Waals surface area contributed by atoms with Crippen molar-refractivity contribution in [2.24, 2.45) is 5.92 Å². The molecule has 0 radical (unpaired) electrons. The Kier molecular flexibility index (Phi) is 4.68. The molecule has 0 N–H and O–H groups in total. The van der Waals surface area contributed by atoms with Gasteiger partial charge in [0.2, 0.25) is 5.91 Å². The lowest BCUT2D eigenvalue weighted by Gasteiger charge is -2.35. The molecule has 0 saturated carbocycles. The lowest BCUT2D eigenvalue weighted by molar-refractivity contribution is -0.127. The molecule has 0 aromatic carbocycles. The molecule has 1 heterocycles. The predicted molar refractivity (Wildman–Crippen MR) is 70.8 cm³/mol. The first kappa shape index (κ1) is 13.8. The second kappa shape index (κ2) is 5.41. The highest BCUT2D eigenvalue weighted by Gasteiger charge is 2.39. The van der Waals surface area contributed by atoms with Crippen LogP contribution < -0.4 is 0 Å². The van der Waals surface area contributed by atoms with Gasteiger partial charge in [-0.1, -0.05) is 0 Å². The lowest BCUT2D eigenvalue weighted by atomic mass is 9.88. The molecule has 1 fully saturated rings. The van der Waals surface area contributed by atoms with Crippen molar-refractivity contribution in [3.05, 3.63) is 0 Å². The molecule has 1 saturated heterocycles. The van der Waals surface area contributed by atoms with Crippen LogP contribution in [0.4, 0.5) is 0 Å². The Bertz CT molecular complexity index is 255. The summed E-state index contributed by atoms with van der Waals surface area (Å²) >= 11 is 1.59. The standard InChI is InChI=1S/C12H24N2OS/c1-12(2)10(6-7-14(12)4)8-13(3)11(15)9-16-5/h10H,6-9H2,1-5H3/t10-/m1/s1. The molecule has 0 spiro atoms. The molecule has 1 atom stereocenters. The smallest absolute Gasteiger partial charge is 0.232 e. The maximum Gasteiger partial charge on any atom is 0.232 e. The summed E-state index contributed by atoms with van der Waals surface area (Å²) in [5.74, 6) is 1.44. The molecular formula is C12H24N2OS. The van der Waals surface area contributed by atoms with Gasteiger partial charge in [-0.2, -0.15) is 11.8 Å². The fraction of sp³-hybridized carbons (Fsp3) is 0.917. The van der Waals surface area contributed by atoms with E-state index in [-0.39, 0.29) is 11.4 Å². The third kappa shape index (κ3) is 2.92. The van der Waals surface area contributed by atoms with Gasteiger partial charge < -0.3 is 9.80 Å². The van der Waals surface area contributed by atoms with Gasteiger partial charge in [0.05, 0.1) is 5.75 Å². The van der Waals surface area contributed by atoms with Crippen LogP contribution in [-0.4, -0.2) is 60.4 Å². The Labute approximate surface area is 104 Å². The normalized spacial score (nSPS) is 24.7. The Morgan fingerprint density at radius 1 is 1.56 bits per heavy atom. The minimum absolute atomic E-state index is 0.216.